The summed E-state index contributed by atoms with van der Waals surface area (Å²) in [6.45, 7) is 0. The smallest absolute Gasteiger partial charge is 0.0940 e. The zero-order valence-electron chi connectivity index (χ0n) is 15.5. The van der Waals surface area contributed by atoms with Crippen molar-refractivity contribution in [2.24, 2.45) is 0 Å². The highest BCUT2D eigenvalue weighted by Crippen LogP contribution is 2.40. The number of hydrogen-bond acceptors (Lipinski definition) is 0. The molecule has 0 fully saturated rings. The molecule has 0 bridgehead atoms. The summed E-state index contributed by atoms with van der Waals surface area (Å²) in [6.07, 6.45) is 0. The van der Waals surface area contributed by atoms with Crippen LogP contribution in [0.15, 0.2) is 115 Å². The average molecular weight is 366 g/mol. The maximum absolute atomic E-state index is 7.20. The highest BCUT2D eigenvalue weighted by Gasteiger charge is 2.32. The first kappa shape index (κ1) is 21.2. The lowest BCUT2D eigenvalue weighted by Gasteiger charge is -2.34. The molecule has 28 heavy (non-hydrogen) atoms. The van der Waals surface area contributed by atoms with Gasteiger partial charge in [-0.05, 0) is 27.8 Å². The van der Waals surface area contributed by atoms with E-state index in [0.29, 0.717) is 0 Å². The van der Waals surface area contributed by atoms with Crippen LogP contribution in [0, 0.1) is 0 Å². The molecule has 0 unspecified atom stereocenters. The van der Waals surface area contributed by atoms with E-state index in [0.717, 1.165) is 22.3 Å². The van der Waals surface area contributed by atoms with Gasteiger partial charge in [0.15, 0.2) is 0 Å². The molecule has 0 spiro atoms. The van der Waals surface area contributed by atoms with Crippen molar-refractivity contribution in [1.82, 2.24) is 0 Å². The Hall–Kier alpha value is -3.14. The van der Waals surface area contributed by atoms with Gasteiger partial charge < -0.3 is 11.0 Å². The van der Waals surface area contributed by atoms with Crippen molar-refractivity contribution >= 4 is 7.85 Å². The second kappa shape index (κ2) is 9.18. The van der Waals surface area contributed by atoms with E-state index in [1.807, 2.05) is 42.5 Å². The Kier molecular flexibility index (Phi) is 6.94. The van der Waals surface area contributed by atoms with E-state index in [2.05, 4.69) is 72.8 Å². The molecular formula is C25H23BO2. The van der Waals surface area contributed by atoms with Crippen LogP contribution < -0.4 is 0 Å². The fraction of sp³-hybridized carbons (Fsp3) is 0.0400. The molecule has 138 valence electrons. The standard InChI is InChI=1S/C25H19B.2H2O/c26-25(21-14-6-2-7-15-21,22-16-8-3-9-17-22)24-19-11-10-18-23(24)20-12-4-1-5-13-20;;/h1-19H;2*1H2. The van der Waals surface area contributed by atoms with Crippen LogP contribution in [0.2, 0.25) is 0 Å². The third-order valence-electron chi connectivity index (χ3n) is 4.89. The predicted octanol–water partition coefficient (Wildman–Crippen LogP) is 4.16. The molecule has 0 aliphatic heterocycles. The zero-order chi connectivity index (χ0) is 17.8. The summed E-state index contributed by atoms with van der Waals surface area (Å²) in [7, 11) is 7.20. The first-order chi connectivity index (χ1) is 12.8. The zero-order valence-corrected chi connectivity index (χ0v) is 15.5. The van der Waals surface area contributed by atoms with E-state index >= 15 is 0 Å². The van der Waals surface area contributed by atoms with E-state index in [4.69, 9.17) is 7.85 Å². The van der Waals surface area contributed by atoms with Gasteiger partial charge in [0.1, 0.15) is 0 Å². The average Bonchev–Trinajstić information content (AvgIpc) is 2.75. The van der Waals surface area contributed by atoms with Gasteiger partial charge in [-0.1, -0.05) is 115 Å². The molecule has 0 aliphatic rings. The Morgan fingerprint density at radius 2 is 0.857 bits per heavy atom. The molecule has 2 radical (unpaired) electrons. The number of hydrogen-bond donors (Lipinski definition) is 0. The molecule has 4 rings (SSSR count). The Bertz CT molecular complexity index is 947. The lowest BCUT2D eigenvalue weighted by molar-refractivity contribution is 0.823. The van der Waals surface area contributed by atoms with Crippen LogP contribution in [0.4, 0.5) is 0 Å². The second-order valence-electron chi connectivity index (χ2n) is 6.45. The van der Waals surface area contributed by atoms with Crippen molar-refractivity contribution in [3.63, 3.8) is 0 Å². The summed E-state index contributed by atoms with van der Waals surface area (Å²) >= 11 is 0. The van der Waals surface area contributed by atoms with Crippen molar-refractivity contribution in [2.45, 2.75) is 5.31 Å². The van der Waals surface area contributed by atoms with Crippen LogP contribution in [0.1, 0.15) is 16.7 Å². The summed E-state index contributed by atoms with van der Waals surface area (Å²) in [6, 6.07) is 39.5. The van der Waals surface area contributed by atoms with Gasteiger partial charge >= 0.3 is 0 Å². The summed E-state index contributed by atoms with van der Waals surface area (Å²) in [5.41, 5.74) is 5.58. The SMILES string of the molecule is O.O.[B]C(c1ccccc1)(c1ccccc1)c1ccccc1-c1ccccc1. The predicted molar refractivity (Wildman–Crippen MR) is 118 cm³/mol. The fourth-order valence-corrected chi connectivity index (χ4v) is 3.58. The van der Waals surface area contributed by atoms with Gasteiger partial charge in [-0.2, -0.15) is 0 Å². The van der Waals surface area contributed by atoms with Crippen LogP contribution in [-0.2, 0) is 5.31 Å². The lowest BCUT2D eigenvalue weighted by Crippen LogP contribution is -2.30. The molecular weight excluding hydrogens is 343 g/mol. The van der Waals surface area contributed by atoms with E-state index in [1.165, 1.54) is 5.56 Å². The summed E-state index contributed by atoms with van der Waals surface area (Å²) in [5, 5.41) is -0.727. The normalized spacial score (nSPS) is 10.4. The minimum Gasteiger partial charge on any atom is -0.412 e. The van der Waals surface area contributed by atoms with Gasteiger partial charge in [0.2, 0.25) is 0 Å². The lowest BCUT2D eigenvalue weighted by atomic mass is 9.55. The van der Waals surface area contributed by atoms with Gasteiger partial charge in [-0.3, -0.25) is 0 Å². The summed E-state index contributed by atoms with van der Waals surface area (Å²) in [5.74, 6) is 0. The third kappa shape index (κ3) is 3.77. The molecule has 0 saturated carbocycles. The molecule has 0 atom stereocenters. The molecule has 3 heteroatoms. The molecule has 2 nitrogen and oxygen atoms in total. The number of benzene rings is 4. The minimum atomic E-state index is -0.727. The van der Waals surface area contributed by atoms with Crippen molar-refractivity contribution in [3.8, 4) is 11.1 Å². The van der Waals surface area contributed by atoms with Gasteiger partial charge in [0.05, 0.1) is 7.85 Å². The highest BCUT2D eigenvalue weighted by molar-refractivity contribution is 6.21. The van der Waals surface area contributed by atoms with Gasteiger partial charge in [0, 0.05) is 5.31 Å². The van der Waals surface area contributed by atoms with E-state index in [-0.39, 0.29) is 11.0 Å². The summed E-state index contributed by atoms with van der Waals surface area (Å²) < 4.78 is 0. The molecule has 0 amide bonds. The van der Waals surface area contributed by atoms with Crippen LogP contribution in [-0.4, -0.2) is 18.8 Å². The van der Waals surface area contributed by atoms with E-state index in [9.17, 15) is 0 Å². The van der Waals surface area contributed by atoms with Crippen molar-refractivity contribution < 1.29 is 11.0 Å². The van der Waals surface area contributed by atoms with Crippen molar-refractivity contribution in [1.29, 1.82) is 0 Å². The van der Waals surface area contributed by atoms with E-state index < -0.39 is 5.31 Å². The molecule has 4 N–H and O–H groups in total. The first-order valence-corrected chi connectivity index (χ1v) is 8.85. The van der Waals surface area contributed by atoms with E-state index in [1.54, 1.807) is 0 Å². The quantitative estimate of drug-likeness (QED) is 0.385. The fourth-order valence-electron chi connectivity index (χ4n) is 3.58. The molecule has 0 aliphatic carbocycles. The largest absolute Gasteiger partial charge is 0.412 e. The van der Waals surface area contributed by atoms with Crippen LogP contribution in [0.5, 0.6) is 0 Å². The molecule has 4 aromatic carbocycles. The first-order valence-electron chi connectivity index (χ1n) is 8.85. The Balaban J connectivity index is 0.00000140. The Labute approximate surface area is 167 Å². The molecule has 4 aromatic rings. The van der Waals surface area contributed by atoms with Gasteiger partial charge in [0.25, 0.3) is 0 Å². The third-order valence-corrected chi connectivity index (χ3v) is 4.89. The maximum Gasteiger partial charge on any atom is 0.0940 e. The van der Waals surface area contributed by atoms with Crippen LogP contribution >= 0.6 is 0 Å². The molecule has 0 heterocycles. The van der Waals surface area contributed by atoms with Crippen molar-refractivity contribution in [3.05, 3.63) is 132 Å². The maximum atomic E-state index is 7.20. The number of rotatable bonds is 4. The van der Waals surface area contributed by atoms with Gasteiger partial charge in [-0.25, -0.2) is 0 Å². The second-order valence-corrected chi connectivity index (χ2v) is 6.45. The Morgan fingerprint density at radius 3 is 1.36 bits per heavy atom. The minimum absolute atomic E-state index is 0. The Morgan fingerprint density at radius 1 is 0.464 bits per heavy atom. The van der Waals surface area contributed by atoms with Gasteiger partial charge in [-0.15, -0.1) is 0 Å². The molecule has 0 aromatic heterocycles. The molecule has 0 saturated heterocycles. The van der Waals surface area contributed by atoms with Crippen LogP contribution in [0.25, 0.3) is 11.1 Å². The topological polar surface area (TPSA) is 63.0 Å². The summed E-state index contributed by atoms with van der Waals surface area (Å²) in [4.78, 5) is 0. The van der Waals surface area contributed by atoms with Crippen molar-refractivity contribution in [2.75, 3.05) is 0 Å². The van der Waals surface area contributed by atoms with Crippen LogP contribution in [0.3, 0.4) is 0 Å². The monoisotopic (exact) mass is 366 g/mol. The highest BCUT2D eigenvalue weighted by atomic mass is 16.0.